The van der Waals surface area contributed by atoms with E-state index >= 15 is 0 Å². The van der Waals surface area contributed by atoms with Crippen molar-refractivity contribution in [2.24, 2.45) is 0 Å². The first-order valence-electron chi connectivity index (χ1n) is 24.2. The van der Waals surface area contributed by atoms with Crippen LogP contribution in [0.4, 0.5) is 0 Å². The zero-order chi connectivity index (χ0) is 48.6. The van der Waals surface area contributed by atoms with Gasteiger partial charge >= 0.3 is 44.8 Å². The molecule has 0 heterocycles. The summed E-state index contributed by atoms with van der Waals surface area (Å²) in [5.41, 5.74) is 1.63. The Bertz CT molecular complexity index is 3780. The Balaban J connectivity index is 0.000000140. The molecule has 0 nitrogen and oxygen atoms in total. The number of rotatable bonds is 6. The van der Waals surface area contributed by atoms with Crippen LogP contribution in [0.5, 0.6) is 0 Å². The molecule has 74 heavy (non-hydrogen) atoms. The molecule has 4 heteroatoms. The normalized spacial score (nSPS) is 10.7. The second-order valence-electron chi connectivity index (χ2n) is 17.9. The van der Waals surface area contributed by atoms with Gasteiger partial charge in [-0.3, -0.25) is 11.8 Å². The van der Waals surface area contributed by atoms with Gasteiger partial charge in [0.05, 0.1) is 0 Å². The first-order chi connectivity index (χ1) is 35.6. The Labute approximate surface area is 468 Å². The van der Waals surface area contributed by atoms with Crippen LogP contribution in [0, 0.1) is 24.7 Å². The van der Waals surface area contributed by atoms with Gasteiger partial charge in [0.15, 0.2) is 0 Å². The maximum atomic E-state index is 7.24. The van der Waals surface area contributed by atoms with Gasteiger partial charge in [0.25, 0.3) is 0 Å². The number of benzene rings is 13. The number of hydrogen-bond acceptors (Lipinski definition) is 0. The molecule has 358 valence electrons. The summed E-state index contributed by atoms with van der Waals surface area (Å²) in [5, 5.41) is 23.5. The van der Waals surface area contributed by atoms with Crippen LogP contribution in [0.1, 0.15) is 11.1 Å². The smallest absolute Gasteiger partial charge is 0.366 e. The van der Waals surface area contributed by atoms with Crippen molar-refractivity contribution in [2.75, 3.05) is 0 Å². The van der Waals surface area contributed by atoms with Gasteiger partial charge in [-0.05, 0) is 174 Å². The summed E-state index contributed by atoms with van der Waals surface area (Å²) in [6, 6.07) is 100. The molecule has 0 aliphatic rings. The fourth-order valence-electron chi connectivity index (χ4n) is 9.83. The SMILES string of the molecule is [Au+].[Au+].[C-]#Cc1ccc2cc3cc4ccccc4cc3cc2c1.[C-]#Cc1ccc2cc3cc4ccccc4cc3cc2c1.c1ccc([PH+](c2ccccc2)c2ccccc2[PH+](c2ccccc2)c2ccccc2)cc1. The van der Waals surface area contributed by atoms with Gasteiger partial charge in [-0.2, -0.15) is 0 Å². The van der Waals surface area contributed by atoms with Crippen molar-refractivity contribution < 1.29 is 44.8 Å². The minimum atomic E-state index is -1.14. The Morgan fingerprint density at radius 1 is 0.216 bits per heavy atom. The molecule has 0 unspecified atom stereocenters. The van der Waals surface area contributed by atoms with Gasteiger partial charge in [0, 0.05) is 0 Å². The van der Waals surface area contributed by atoms with Crippen LogP contribution in [0.25, 0.3) is 64.6 Å². The number of fused-ring (bicyclic) bond motifs is 6. The monoisotopic (exact) mass is 1340 g/mol. The van der Waals surface area contributed by atoms with Crippen molar-refractivity contribution in [3.63, 3.8) is 0 Å². The molecule has 13 aromatic carbocycles. The van der Waals surface area contributed by atoms with Gasteiger partial charge in [-0.15, -0.1) is 35.4 Å². The molecule has 0 fully saturated rings. The topological polar surface area (TPSA) is 0 Å². The first-order valence-corrected chi connectivity index (χ1v) is 27.2. The Hall–Kier alpha value is -7.12. The van der Waals surface area contributed by atoms with Crippen molar-refractivity contribution in [1.29, 1.82) is 0 Å². The molecule has 0 N–H and O–H groups in total. The maximum Gasteiger partial charge on any atom is 1.00 e. The van der Waals surface area contributed by atoms with Crippen LogP contribution in [0.3, 0.4) is 0 Å². The zero-order valence-corrected chi connectivity index (χ0v) is 46.5. The van der Waals surface area contributed by atoms with E-state index in [-0.39, 0.29) is 44.8 Å². The second kappa shape index (κ2) is 24.3. The largest absolute Gasteiger partial charge is 1.00 e. The molecule has 0 saturated carbocycles. The third-order valence-corrected chi connectivity index (χ3v) is 19.2. The summed E-state index contributed by atoms with van der Waals surface area (Å²) in [6.07, 6.45) is 14.5. The molecule has 0 aliphatic carbocycles. The van der Waals surface area contributed by atoms with Crippen LogP contribution in [0.15, 0.2) is 279 Å². The third-order valence-electron chi connectivity index (χ3n) is 13.3. The summed E-state index contributed by atoms with van der Waals surface area (Å²) in [6.45, 7) is 0. The average molecular weight is 1350 g/mol. The molecule has 0 aliphatic heterocycles. The van der Waals surface area contributed by atoms with E-state index in [1.807, 2.05) is 24.3 Å². The van der Waals surface area contributed by atoms with Crippen molar-refractivity contribution in [3.8, 4) is 11.8 Å². The van der Waals surface area contributed by atoms with E-state index in [2.05, 4.69) is 267 Å². The molecule has 0 aromatic heterocycles. The van der Waals surface area contributed by atoms with Crippen molar-refractivity contribution in [2.45, 2.75) is 0 Å². The van der Waals surface area contributed by atoms with E-state index in [4.69, 9.17) is 12.8 Å². The van der Waals surface area contributed by atoms with Crippen LogP contribution in [-0.2, 0) is 44.8 Å². The molecule has 13 aromatic rings. The molecule has 0 atom stereocenters. The van der Waals surface area contributed by atoms with Crippen LogP contribution >= 0.6 is 15.8 Å². The minimum Gasteiger partial charge on any atom is -0.366 e. The molecule has 0 amide bonds. The predicted molar refractivity (Wildman–Crippen MR) is 317 cm³/mol. The zero-order valence-electron chi connectivity index (χ0n) is 40.2. The summed E-state index contributed by atoms with van der Waals surface area (Å²) in [4.78, 5) is 0. The van der Waals surface area contributed by atoms with E-state index < -0.39 is 15.8 Å². The fourth-order valence-corrected chi connectivity index (χ4v) is 15.8. The molecule has 0 saturated heterocycles. The minimum absolute atomic E-state index is 0. The van der Waals surface area contributed by atoms with Crippen LogP contribution in [-0.4, -0.2) is 0 Å². The van der Waals surface area contributed by atoms with E-state index in [9.17, 15) is 0 Å². The van der Waals surface area contributed by atoms with Gasteiger partial charge in [0.1, 0.15) is 47.7 Å². The molecular weight excluding hydrogens is 1300 g/mol. The van der Waals surface area contributed by atoms with E-state index in [1.54, 1.807) is 0 Å². The van der Waals surface area contributed by atoms with Crippen molar-refractivity contribution in [3.05, 3.63) is 303 Å². The Morgan fingerprint density at radius 3 is 0.703 bits per heavy atom. The van der Waals surface area contributed by atoms with Gasteiger partial charge in [-0.25, -0.2) is 0 Å². The molecule has 13 rings (SSSR count). The van der Waals surface area contributed by atoms with Crippen molar-refractivity contribution in [1.82, 2.24) is 0 Å². The van der Waals surface area contributed by atoms with Crippen LogP contribution in [0.2, 0.25) is 0 Å². The fraction of sp³-hybridized carbons (Fsp3) is 0. The standard InChI is InChI=1S/C30H24P2.2C20H11.2Au/c1-5-15-25(16-6-1)31(26-17-7-2-8-18-26)29-23-13-14-24-30(29)32(27-19-9-3-10-20-27)28-21-11-4-12-22-28;2*1-2-14-7-8-17-12-19-10-15-5-3-4-6-16(15)11-20(19)13-18(17)9-14;;/h1-24H;2*3-13H;;/q;2*-1;2*+1/p+2. The van der Waals surface area contributed by atoms with E-state index in [0.29, 0.717) is 0 Å². The third kappa shape index (κ3) is 11.5. The summed E-state index contributed by atoms with van der Waals surface area (Å²) in [5.74, 6) is 4.89. The second-order valence-corrected chi connectivity index (χ2v) is 22.8. The van der Waals surface area contributed by atoms with Crippen LogP contribution < -0.4 is 31.8 Å². The van der Waals surface area contributed by atoms with Crippen molar-refractivity contribution >= 4 is 112 Å². The first kappa shape index (κ1) is 51.8. The van der Waals surface area contributed by atoms with Gasteiger partial charge < -0.3 is 12.8 Å². The molecule has 0 radical (unpaired) electrons. The molecule has 0 spiro atoms. The quantitative estimate of drug-likeness (QED) is 0.0512. The summed E-state index contributed by atoms with van der Waals surface area (Å²) < 4.78 is 0. The van der Waals surface area contributed by atoms with E-state index in [0.717, 1.165) is 21.9 Å². The van der Waals surface area contributed by atoms with Gasteiger partial charge in [-0.1, -0.05) is 146 Å². The average Bonchev–Trinajstić information content (AvgIpc) is 3.45. The summed E-state index contributed by atoms with van der Waals surface area (Å²) >= 11 is 0. The Morgan fingerprint density at radius 2 is 0.432 bits per heavy atom. The Kier molecular flexibility index (Phi) is 17.0. The van der Waals surface area contributed by atoms with Gasteiger partial charge in [0.2, 0.25) is 0 Å². The number of hydrogen-bond donors (Lipinski definition) is 0. The molecule has 0 bridgehead atoms. The maximum absolute atomic E-state index is 7.24. The predicted octanol–water partition coefficient (Wildman–Crippen LogP) is 14.8. The summed E-state index contributed by atoms with van der Waals surface area (Å²) in [7, 11) is -2.28. The molecular formula is C70H48Au2P2+2. The van der Waals surface area contributed by atoms with E-state index in [1.165, 1.54) is 85.7 Å².